The van der Waals surface area contributed by atoms with Gasteiger partial charge in [0.2, 0.25) is 5.88 Å². The quantitative estimate of drug-likeness (QED) is 0.784. The SMILES string of the molecule is C/C(=N\N1CCN(C)CC1)c1c(O)n(C2CCCCC2)c(=O)[nH]c1=O. The van der Waals surface area contributed by atoms with Gasteiger partial charge in [0.05, 0.1) is 5.71 Å². The number of aromatic amines is 1. The van der Waals surface area contributed by atoms with E-state index >= 15 is 0 Å². The van der Waals surface area contributed by atoms with Crippen molar-refractivity contribution in [1.29, 1.82) is 0 Å². The number of aromatic nitrogens is 2. The van der Waals surface area contributed by atoms with Crippen molar-refractivity contribution in [2.24, 2.45) is 5.10 Å². The van der Waals surface area contributed by atoms with E-state index in [1.54, 1.807) is 6.92 Å². The van der Waals surface area contributed by atoms with Crippen molar-refractivity contribution in [2.75, 3.05) is 33.2 Å². The second-order valence-corrected chi connectivity index (χ2v) is 7.06. The molecule has 8 heteroatoms. The van der Waals surface area contributed by atoms with E-state index in [-0.39, 0.29) is 17.5 Å². The van der Waals surface area contributed by atoms with E-state index < -0.39 is 11.2 Å². The highest BCUT2D eigenvalue weighted by Crippen LogP contribution is 2.30. The highest BCUT2D eigenvalue weighted by atomic mass is 16.3. The monoisotopic (exact) mass is 349 g/mol. The van der Waals surface area contributed by atoms with Crippen molar-refractivity contribution in [3.05, 3.63) is 26.4 Å². The molecule has 1 aliphatic heterocycles. The minimum absolute atomic E-state index is 0.0618. The summed E-state index contributed by atoms with van der Waals surface area (Å²) >= 11 is 0. The summed E-state index contributed by atoms with van der Waals surface area (Å²) in [5, 5.41) is 17.1. The maximum atomic E-state index is 12.3. The molecule has 138 valence electrons. The molecule has 0 spiro atoms. The summed E-state index contributed by atoms with van der Waals surface area (Å²) in [5.74, 6) is -0.254. The molecule has 0 aromatic carbocycles. The first-order valence-electron chi connectivity index (χ1n) is 9.04. The fourth-order valence-electron chi connectivity index (χ4n) is 3.70. The number of aromatic hydroxyl groups is 1. The molecule has 3 rings (SSSR count). The van der Waals surface area contributed by atoms with Gasteiger partial charge in [-0.15, -0.1) is 0 Å². The standard InChI is InChI=1S/C17H27N5O3/c1-12(19-21-10-8-20(2)9-11-21)14-15(23)18-17(25)22(16(14)24)13-6-4-3-5-7-13/h13,24H,3-11H2,1-2H3,(H,18,23,25)/b19-12+. The number of piperazine rings is 1. The molecule has 1 saturated carbocycles. The van der Waals surface area contributed by atoms with Gasteiger partial charge in [-0.2, -0.15) is 5.10 Å². The lowest BCUT2D eigenvalue weighted by atomic mass is 9.95. The van der Waals surface area contributed by atoms with Gasteiger partial charge in [-0.25, -0.2) is 4.79 Å². The summed E-state index contributed by atoms with van der Waals surface area (Å²) in [4.78, 5) is 29.1. The van der Waals surface area contributed by atoms with Crippen LogP contribution in [0.4, 0.5) is 0 Å². The van der Waals surface area contributed by atoms with Crippen LogP contribution in [0.25, 0.3) is 0 Å². The zero-order chi connectivity index (χ0) is 18.0. The molecule has 0 bridgehead atoms. The predicted molar refractivity (Wildman–Crippen MR) is 96.4 cm³/mol. The maximum absolute atomic E-state index is 12.3. The largest absolute Gasteiger partial charge is 0.494 e. The van der Waals surface area contributed by atoms with Crippen LogP contribution in [0.2, 0.25) is 0 Å². The average Bonchev–Trinajstić information content (AvgIpc) is 2.57. The van der Waals surface area contributed by atoms with Crippen molar-refractivity contribution in [3.63, 3.8) is 0 Å². The van der Waals surface area contributed by atoms with Crippen molar-refractivity contribution in [3.8, 4) is 5.88 Å². The van der Waals surface area contributed by atoms with Crippen molar-refractivity contribution in [2.45, 2.75) is 45.1 Å². The molecular formula is C17H27N5O3. The molecule has 8 nitrogen and oxygen atoms in total. The lowest BCUT2D eigenvalue weighted by molar-refractivity contribution is 0.159. The van der Waals surface area contributed by atoms with E-state index in [1.165, 1.54) is 4.57 Å². The van der Waals surface area contributed by atoms with E-state index in [9.17, 15) is 14.7 Å². The molecule has 1 aliphatic carbocycles. The molecule has 0 radical (unpaired) electrons. The van der Waals surface area contributed by atoms with Gasteiger partial charge in [-0.3, -0.25) is 19.4 Å². The second-order valence-electron chi connectivity index (χ2n) is 7.06. The van der Waals surface area contributed by atoms with Crippen LogP contribution in [0.3, 0.4) is 0 Å². The number of rotatable bonds is 3. The Bertz CT molecular complexity index is 753. The Hall–Kier alpha value is -2.09. The Labute approximate surface area is 146 Å². The maximum Gasteiger partial charge on any atom is 0.331 e. The number of H-pyrrole nitrogens is 1. The molecule has 25 heavy (non-hydrogen) atoms. The van der Waals surface area contributed by atoms with Crippen LogP contribution in [0.1, 0.15) is 50.6 Å². The van der Waals surface area contributed by atoms with Crippen LogP contribution in [0, 0.1) is 0 Å². The van der Waals surface area contributed by atoms with Crippen LogP contribution >= 0.6 is 0 Å². The minimum atomic E-state index is -0.579. The van der Waals surface area contributed by atoms with Gasteiger partial charge in [0, 0.05) is 32.2 Å². The van der Waals surface area contributed by atoms with Gasteiger partial charge >= 0.3 is 5.69 Å². The van der Waals surface area contributed by atoms with Gasteiger partial charge in [0.1, 0.15) is 5.56 Å². The molecule has 1 aromatic heterocycles. The Morgan fingerprint density at radius 1 is 1.12 bits per heavy atom. The van der Waals surface area contributed by atoms with Crippen LogP contribution in [0.15, 0.2) is 14.7 Å². The summed E-state index contributed by atoms with van der Waals surface area (Å²) in [6, 6.07) is -0.0618. The fourth-order valence-corrected chi connectivity index (χ4v) is 3.70. The zero-order valence-electron chi connectivity index (χ0n) is 15.0. The summed E-state index contributed by atoms with van der Waals surface area (Å²) in [6.45, 7) is 5.06. The van der Waals surface area contributed by atoms with Crippen molar-refractivity contribution < 1.29 is 5.11 Å². The van der Waals surface area contributed by atoms with Crippen molar-refractivity contribution >= 4 is 5.71 Å². The first-order chi connectivity index (χ1) is 12.0. The average molecular weight is 349 g/mol. The van der Waals surface area contributed by atoms with Crippen LogP contribution in [-0.4, -0.2) is 63.5 Å². The molecule has 0 amide bonds. The highest BCUT2D eigenvalue weighted by Gasteiger charge is 2.24. The number of nitrogens with one attached hydrogen (secondary N) is 1. The summed E-state index contributed by atoms with van der Waals surface area (Å²) in [5.41, 5.74) is -0.576. The Kier molecular flexibility index (Phi) is 5.27. The van der Waals surface area contributed by atoms with Crippen LogP contribution < -0.4 is 11.2 Å². The summed E-state index contributed by atoms with van der Waals surface area (Å²) in [6.07, 6.45) is 4.88. The molecule has 2 aliphatic rings. The molecule has 2 N–H and O–H groups in total. The van der Waals surface area contributed by atoms with Crippen LogP contribution in [0.5, 0.6) is 5.88 Å². The van der Waals surface area contributed by atoms with E-state index in [1.807, 2.05) is 5.01 Å². The van der Waals surface area contributed by atoms with E-state index in [2.05, 4.69) is 22.0 Å². The number of nitrogens with zero attached hydrogens (tertiary/aromatic N) is 4. The first-order valence-corrected chi connectivity index (χ1v) is 9.04. The topological polar surface area (TPSA) is 93.9 Å². The van der Waals surface area contributed by atoms with Gasteiger partial charge in [0.15, 0.2) is 0 Å². The number of hydrazone groups is 1. The lowest BCUT2D eigenvalue weighted by Gasteiger charge is -2.30. The highest BCUT2D eigenvalue weighted by molar-refractivity contribution is 6.00. The minimum Gasteiger partial charge on any atom is -0.494 e. The Morgan fingerprint density at radius 2 is 1.76 bits per heavy atom. The van der Waals surface area contributed by atoms with Gasteiger partial charge < -0.3 is 10.0 Å². The van der Waals surface area contributed by atoms with Gasteiger partial charge in [0.25, 0.3) is 5.56 Å². The predicted octanol–water partition coefficient (Wildman–Crippen LogP) is 0.719. The third-order valence-electron chi connectivity index (χ3n) is 5.19. The van der Waals surface area contributed by atoms with Crippen molar-refractivity contribution in [1.82, 2.24) is 19.5 Å². The molecule has 1 saturated heterocycles. The smallest absolute Gasteiger partial charge is 0.331 e. The number of likely N-dealkylation sites (N-methyl/N-ethyl adjacent to an activating group) is 1. The number of hydrogen-bond acceptors (Lipinski definition) is 6. The third-order valence-corrected chi connectivity index (χ3v) is 5.19. The molecule has 0 atom stereocenters. The van der Waals surface area contributed by atoms with Gasteiger partial charge in [-0.1, -0.05) is 19.3 Å². The molecule has 0 unspecified atom stereocenters. The summed E-state index contributed by atoms with van der Waals surface area (Å²) < 4.78 is 1.35. The second kappa shape index (κ2) is 7.43. The first kappa shape index (κ1) is 17.7. The number of hydrogen-bond donors (Lipinski definition) is 2. The van der Waals surface area contributed by atoms with Crippen LogP contribution in [-0.2, 0) is 0 Å². The zero-order valence-corrected chi connectivity index (χ0v) is 15.0. The van der Waals surface area contributed by atoms with Gasteiger partial charge in [-0.05, 0) is 26.8 Å². The summed E-state index contributed by atoms with van der Waals surface area (Å²) in [7, 11) is 2.06. The molecule has 1 aromatic rings. The Balaban J connectivity index is 1.95. The Morgan fingerprint density at radius 3 is 2.40 bits per heavy atom. The fraction of sp³-hybridized carbons (Fsp3) is 0.706. The third kappa shape index (κ3) is 3.78. The van der Waals surface area contributed by atoms with E-state index in [0.29, 0.717) is 5.71 Å². The lowest BCUT2D eigenvalue weighted by Crippen LogP contribution is -2.42. The van der Waals surface area contributed by atoms with E-state index in [4.69, 9.17) is 0 Å². The normalized spacial score (nSPS) is 20.9. The van der Waals surface area contributed by atoms with E-state index in [0.717, 1.165) is 58.3 Å². The molecule has 2 fully saturated rings. The molecular weight excluding hydrogens is 322 g/mol. The molecule has 2 heterocycles.